The lowest BCUT2D eigenvalue weighted by Gasteiger charge is -2.26. The van der Waals surface area contributed by atoms with Gasteiger partial charge in [-0.3, -0.25) is 9.59 Å². The van der Waals surface area contributed by atoms with Crippen molar-refractivity contribution in [1.29, 1.82) is 0 Å². The van der Waals surface area contributed by atoms with Gasteiger partial charge in [-0.25, -0.2) is 0 Å². The maximum Gasteiger partial charge on any atom is 0.233 e. The van der Waals surface area contributed by atoms with Crippen LogP contribution in [0.5, 0.6) is 0 Å². The lowest BCUT2D eigenvalue weighted by atomic mass is 10.3. The summed E-state index contributed by atoms with van der Waals surface area (Å²) in [6.07, 6.45) is 1.36. The van der Waals surface area contributed by atoms with Crippen molar-refractivity contribution in [3.63, 3.8) is 0 Å². The van der Waals surface area contributed by atoms with Gasteiger partial charge in [-0.05, 0) is 13.0 Å². The molecule has 6 heteroatoms. The fourth-order valence-corrected chi connectivity index (χ4v) is 1.72. The quantitative estimate of drug-likeness (QED) is 0.595. The zero-order valence-corrected chi connectivity index (χ0v) is 11.0. The van der Waals surface area contributed by atoms with E-state index in [1.807, 2.05) is 6.92 Å². The van der Waals surface area contributed by atoms with Crippen molar-refractivity contribution >= 4 is 11.8 Å². The lowest BCUT2D eigenvalue weighted by molar-refractivity contribution is -0.135. The molecule has 1 heterocycles. The summed E-state index contributed by atoms with van der Waals surface area (Å²) >= 11 is 0. The molecule has 6 nitrogen and oxygen atoms in total. The summed E-state index contributed by atoms with van der Waals surface area (Å²) in [5.41, 5.74) is 0. The normalized spacial score (nSPS) is 15.5. The Morgan fingerprint density at radius 1 is 1.22 bits per heavy atom. The molecule has 1 aliphatic heterocycles. The molecule has 1 saturated heterocycles. The third-order valence-corrected chi connectivity index (χ3v) is 2.74. The van der Waals surface area contributed by atoms with Crippen LogP contribution in [0.15, 0.2) is 0 Å². The molecule has 0 saturated carbocycles. The van der Waals surface area contributed by atoms with Crippen molar-refractivity contribution in [3.8, 4) is 0 Å². The van der Waals surface area contributed by atoms with Crippen molar-refractivity contribution < 1.29 is 14.3 Å². The topological polar surface area (TPSA) is 70.7 Å². The van der Waals surface area contributed by atoms with Gasteiger partial charge >= 0.3 is 0 Å². The van der Waals surface area contributed by atoms with Crippen LogP contribution in [-0.2, 0) is 14.3 Å². The Bertz CT molecular complexity index is 265. The number of nitrogens with zero attached hydrogens (tertiary/aromatic N) is 1. The molecule has 2 amide bonds. The first-order chi connectivity index (χ1) is 8.74. The Balaban J connectivity index is 2.05. The Morgan fingerprint density at radius 2 is 1.94 bits per heavy atom. The molecule has 1 aliphatic rings. The molecule has 0 spiro atoms. The molecular formula is C12H23N3O3. The van der Waals surface area contributed by atoms with Crippen LogP contribution in [0.25, 0.3) is 0 Å². The average Bonchev–Trinajstić information content (AvgIpc) is 2.40. The third kappa shape index (κ3) is 5.97. The summed E-state index contributed by atoms with van der Waals surface area (Å²) < 4.78 is 5.18. The Hall–Kier alpha value is -1.14. The molecule has 0 bridgehead atoms. The van der Waals surface area contributed by atoms with Crippen molar-refractivity contribution in [1.82, 2.24) is 15.5 Å². The summed E-state index contributed by atoms with van der Waals surface area (Å²) in [5, 5.41) is 5.74. The van der Waals surface area contributed by atoms with Crippen molar-refractivity contribution in [2.45, 2.75) is 19.8 Å². The maximum atomic E-state index is 11.7. The molecule has 0 atom stereocenters. The monoisotopic (exact) mass is 257 g/mol. The highest BCUT2D eigenvalue weighted by Crippen LogP contribution is 1.99. The molecule has 104 valence electrons. The molecule has 1 rings (SSSR count). The van der Waals surface area contributed by atoms with E-state index in [1.165, 1.54) is 0 Å². The van der Waals surface area contributed by atoms with Crippen LogP contribution in [0.2, 0.25) is 0 Å². The molecule has 0 aromatic rings. The molecule has 0 aromatic heterocycles. The lowest BCUT2D eigenvalue weighted by Crippen LogP contribution is -2.42. The van der Waals surface area contributed by atoms with E-state index < -0.39 is 0 Å². The first-order valence-corrected chi connectivity index (χ1v) is 6.57. The first kappa shape index (κ1) is 14.9. The second kappa shape index (κ2) is 8.88. The van der Waals surface area contributed by atoms with E-state index in [0.29, 0.717) is 45.8 Å². The van der Waals surface area contributed by atoms with E-state index in [-0.39, 0.29) is 11.8 Å². The van der Waals surface area contributed by atoms with Crippen LogP contribution in [0.4, 0.5) is 0 Å². The van der Waals surface area contributed by atoms with Crippen LogP contribution in [0.1, 0.15) is 19.8 Å². The maximum absolute atomic E-state index is 11.7. The van der Waals surface area contributed by atoms with Crippen molar-refractivity contribution in [2.75, 3.05) is 45.9 Å². The molecule has 18 heavy (non-hydrogen) atoms. The van der Waals surface area contributed by atoms with E-state index in [4.69, 9.17) is 4.74 Å². The molecule has 2 N–H and O–H groups in total. The minimum absolute atomic E-state index is 0.0572. The number of hydrogen-bond acceptors (Lipinski definition) is 4. The van der Waals surface area contributed by atoms with Crippen LogP contribution < -0.4 is 10.6 Å². The first-order valence-electron chi connectivity index (χ1n) is 6.57. The van der Waals surface area contributed by atoms with Gasteiger partial charge in [-0.2, -0.15) is 0 Å². The van der Waals surface area contributed by atoms with Gasteiger partial charge in [-0.1, -0.05) is 6.92 Å². The standard InChI is InChI=1S/C12H23N3O3/c1-2-4-13-10-11(16)14-5-3-12(17)15-6-8-18-9-7-15/h13H,2-10H2,1H3,(H,14,16). The number of hydrogen-bond donors (Lipinski definition) is 2. The summed E-state index contributed by atoms with van der Waals surface area (Å²) in [6.45, 7) is 6.14. The fourth-order valence-electron chi connectivity index (χ4n) is 1.72. The van der Waals surface area contributed by atoms with E-state index in [0.717, 1.165) is 13.0 Å². The molecular weight excluding hydrogens is 234 g/mol. The highest BCUT2D eigenvalue weighted by Gasteiger charge is 2.16. The predicted molar refractivity (Wildman–Crippen MR) is 68.2 cm³/mol. The van der Waals surface area contributed by atoms with Gasteiger partial charge in [0.05, 0.1) is 19.8 Å². The molecule has 0 radical (unpaired) electrons. The summed E-state index contributed by atoms with van der Waals surface area (Å²) in [7, 11) is 0. The Kier molecular flexibility index (Phi) is 7.36. The van der Waals surface area contributed by atoms with E-state index in [1.54, 1.807) is 4.90 Å². The average molecular weight is 257 g/mol. The van der Waals surface area contributed by atoms with Gasteiger partial charge in [0.25, 0.3) is 0 Å². The SMILES string of the molecule is CCCNCC(=O)NCCC(=O)N1CCOCC1. The van der Waals surface area contributed by atoms with E-state index in [9.17, 15) is 9.59 Å². The van der Waals surface area contributed by atoms with Gasteiger partial charge in [0.1, 0.15) is 0 Å². The number of ether oxygens (including phenoxy) is 1. The van der Waals surface area contributed by atoms with Crippen molar-refractivity contribution in [3.05, 3.63) is 0 Å². The second-order valence-electron chi connectivity index (χ2n) is 4.27. The predicted octanol–water partition coefficient (Wildman–Crippen LogP) is -0.649. The number of carbonyl (C=O) groups is 2. The van der Waals surface area contributed by atoms with Crippen LogP contribution in [0.3, 0.4) is 0 Å². The number of carbonyl (C=O) groups excluding carboxylic acids is 2. The van der Waals surface area contributed by atoms with Crippen LogP contribution in [-0.4, -0.2) is 62.7 Å². The van der Waals surface area contributed by atoms with Crippen LogP contribution in [0, 0.1) is 0 Å². The smallest absolute Gasteiger partial charge is 0.233 e. The number of morpholine rings is 1. The van der Waals surface area contributed by atoms with E-state index >= 15 is 0 Å². The summed E-state index contributed by atoms with van der Waals surface area (Å²) in [5.74, 6) is 0.0262. The van der Waals surface area contributed by atoms with Gasteiger partial charge in [0.15, 0.2) is 0 Å². The van der Waals surface area contributed by atoms with Gasteiger partial charge in [-0.15, -0.1) is 0 Å². The largest absolute Gasteiger partial charge is 0.378 e. The van der Waals surface area contributed by atoms with Gasteiger partial charge in [0, 0.05) is 26.1 Å². The third-order valence-electron chi connectivity index (χ3n) is 2.74. The summed E-state index contributed by atoms with van der Waals surface area (Å²) in [4.78, 5) is 24.9. The van der Waals surface area contributed by atoms with E-state index in [2.05, 4.69) is 10.6 Å². The highest BCUT2D eigenvalue weighted by atomic mass is 16.5. The van der Waals surface area contributed by atoms with Crippen molar-refractivity contribution in [2.24, 2.45) is 0 Å². The summed E-state index contributed by atoms with van der Waals surface area (Å²) in [6, 6.07) is 0. The zero-order chi connectivity index (χ0) is 13.2. The van der Waals surface area contributed by atoms with Gasteiger partial charge in [0.2, 0.25) is 11.8 Å². The number of rotatable bonds is 7. The Labute approximate surface area is 108 Å². The minimum Gasteiger partial charge on any atom is -0.378 e. The van der Waals surface area contributed by atoms with Gasteiger partial charge < -0.3 is 20.3 Å². The Morgan fingerprint density at radius 3 is 2.61 bits per heavy atom. The second-order valence-corrected chi connectivity index (χ2v) is 4.27. The zero-order valence-electron chi connectivity index (χ0n) is 11.0. The molecule has 1 fully saturated rings. The number of amides is 2. The molecule has 0 unspecified atom stereocenters. The molecule has 0 aromatic carbocycles. The molecule has 0 aliphatic carbocycles. The highest BCUT2D eigenvalue weighted by molar-refractivity contribution is 5.80. The minimum atomic E-state index is -0.0572. The fraction of sp³-hybridized carbons (Fsp3) is 0.833. The number of nitrogens with one attached hydrogen (secondary N) is 2. The van der Waals surface area contributed by atoms with Crippen LogP contribution >= 0.6 is 0 Å².